The van der Waals surface area contributed by atoms with Crippen LogP contribution in [-0.2, 0) is 6.54 Å². The topological polar surface area (TPSA) is 75.6 Å². The van der Waals surface area contributed by atoms with Crippen LogP contribution in [0.1, 0.15) is 11.1 Å². The van der Waals surface area contributed by atoms with E-state index in [1.807, 2.05) is 29.2 Å². The minimum Gasteiger partial charge on any atom is -0.398 e. The molecule has 0 spiro atoms. The molecular weight excluding hydrogens is 411 g/mol. The molecule has 0 aliphatic carbocycles. The molecule has 2 aromatic rings. The number of rotatable bonds is 4. The molecule has 1 heterocycles. The molecule has 0 bridgehead atoms. The smallest absolute Gasteiger partial charge is 0.292 e. The van der Waals surface area contributed by atoms with Crippen LogP contribution in [0.3, 0.4) is 0 Å². The third kappa shape index (κ3) is 5.62. The Morgan fingerprint density at radius 1 is 1.11 bits per heavy atom. The first-order valence-electron chi connectivity index (χ1n) is 8.20. The van der Waals surface area contributed by atoms with Crippen LogP contribution in [0.5, 0.6) is 0 Å². The predicted octanol–water partition coefficient (Wildman–Crippen LogP) is 4.30. The van der Waals surface area contributed by atoms with Crippen molar-refractivity contribution < 1.29 is 4.92 Å². The zero-order valence-electron chi connectivity index (χ0n) is 14.9. The van der Waals surface area contributed by atoms with Crippen molar-refractivity contribution in [3.63, 3.8) is 0 Å². The van der Waals surface area contributed by atoms with E-state index in [2.05, 4.69) is 4.90 Å². The molecule has 1 aliphatic heterocycles. The number of hydrogen-bond donors (Lipinski definition) is 1. The number of nitro benzene ring substituents is 1. The molecule has 0 radical (unpaired) electrons. The highest BCUT2D eigenvalue weighted by atomic mass is 35.5. The maximum atomic E-state index is 11.4. The molecule has 0 amide bonds. The molecule has 0 atom stereocenters. The minimum absolute atomic E-state index is 0. The van der Waals surface area contributed by atoms with Gasteiger partial charge in [0.05, 0.1) is 4.92 Å². The lowest BCUT2D eigenvalue weighted by Gasteiger charge is -2.36. The van der Waals surface area contributed by atoms with E-state index in [1.54, 1.807) is 19.1 Å². The molecule has 3 rings (SSSR count). The van der Waals surface area contributed by atoms with E-state index >= 15 is 0 Å². The average molecular weight is 434 g/mol. The molecule has 1 fully saturated rings. The first kappa shape index (κ1) is 23.3. The van der Waals surface area contributed by atoms with Gasteiger partial charge in [-0.15, -0.1) is 24.8 Å². The SMILES string of the molecule is Cc1cc([N+](=O)[O-])c(N2CCN(Cc3ccc(Cl)cc3)CC2)cc1N.Cl.Cl. The van der Waals surface area contributed by atoms with Gasteiger partial charge < -0.3 is 10.6 Å². The van der Waals surface area contributed by atoms with Gasteiger partial charge in [-0.1, -0.05) is 23.7 Å². The van der Waals surface area contributed by atoms with Crippen LogP contribution in [0.15, 0.2) is 36.4 Å². The molecule has 148 valence electrons. The number of benzene rings is 2. The fraction of sp³-hybridized carbons (Fsp3) is 0.333. The summed E-state index contributed by atoms with van der Waals surface area (Å²) in [4.78, 5) is 15.4. The predicted molar refractivity (Wildman–Crippen MR) is 116 cm³/mol. The minimum atomic E-state index is -0.331. The lowest BCUT2D eigenvalue weighted by molar-refractivity contribution is -0.384. The van der Waals surface area contributed by atoms with Crippen LogP contribution in [0, 0.1) is 17.0 Å². The molecule has 1 aliphatic rings. The Kier molecular flexibility index (Phi) is 8.62. The van der Waals surface area contributed by atoms with Crippen LogP contribution in [0.2, 0.25) is 5.02 Å². The molecule has 2 N–H and O–H groups in total. The van der Waals surface area contributed by atoms with Crippen LogP contribution in [-0.4, -0.2) is 36.0 Å². The normalized spacial score (nSPS) is 14.2. The third-order valence-corrected chi connectivity index (χ3v) is 4.84. The van der Waals surface area contributed by atoms with Crippen molar-refractivity contribution in [2.75, 3.05) is 36.8 Å². The van der Waals surface area contributed by atoms with Gasteiger partial charge in [0.1, 0.15) is 5.69 Å². The summed E-state index contributed by atoms with van der Waals surface area (Å²) in [5.41, 5.74) is 9.23. The Labute approximate surface area is 176 Å². The number of hydrogen-bond acceptors (Lipinski definition) is 5. The zero-order valence-corrected chi connectivity index (χ0v) is 17.3. The van der Waals surface area contributed by atoms with Gasteiger partial charge in [0.2, 0.25) is 0 Å². The lowest BCUT2D eigenvalue weighted by Crippen LogP contribution is -2.46. The van der Waals surface area contributed by atoms with Gasteiger partial charge in [0.15, 0.2) is 0 Å². The zero-order chi connectivity index (χ0) is 18.0. The van der Waals surface area contributed by atoms with E-state index in [0.29, 0.717) is 11.4 Å². The maximum Gasteiger partial charge on any atom is 0.292 e. The van der Waals surface area contributed by atoms with Crippen molar-refractivity contribution in [3.05, 3.63) is 62.7 Å². The quantitative estimate of drug-likeness (QED) is 0.442. The molecule has 6 nitrogen and oxygen atoms in total. The summed E-state index contributed by atoms with van der Waals surface area (Å²) in [6.07, 6.45) is 0. The third-order valence-electron chi connectivity index (χ3n) is 4.59. The fourth-order valence-electron chi connectivity index (χ4n) is 3.09. The van der Waals surface area contributed by atoms with Crippen molar-refractivity contribution in [3.8, 4) is 0 Å². The van der Waals surface area contributed by atoms with E-state index in [4.69, 9.17) is 17.3 Å². The Bertz CT molecular complexity index is 779. The summed E-state index contributed by atoms with van der Waals surface area (Å²) in [5, 5.41) is 12.1. The monoisotopic (exact) mass is 432 g/mol. The second-order valence-electron chi connectivity index (χ2n) is 6.34. The number of nitrogens with two attached hydrogens (primary N) is 1. The van der Waals surface area contributed by atoms with E-state index in [0.717, 1.165) is 43.3 Å². The van der Waals surface area contributed by atoms with Gasteiger partial charge in [0, 0.05) is 49.5 Å². The summed E-state index contributed by atoms with van der Waals surface area (Å²) in [6.45, 7) is 5.79. The standard InChI is InChI=1S/C18H21ClN4O2.2ClH/c1-13-10-18(23(24)25)17(11-16(13)20)22-8-6-21(7-9-22)12-14-2-4-15(19)5-3-14;;/h2-5,10-11H,6-9,12,20H2,1H3;2*1H. The average Bonchev–Trinajstić information content (AvgIpc) is 2.59. The molecule has 0 saturated carbocycles. The number of nitrogens with zero attached hydrogens (tertiary/aromatic N) is 3. The summed E-state index contributed by atoms with van der Waals surface area (Å²) in [6, 6.07) is 11.1. The van der Waals surface area contributed by atoms with Gasteiger partial charge in [-0.2, -0.15) is 0 Å². The van der Waals surface area contributed by atoms with Crippen molar-refractivity contribution in [2.24, 2.45) is 0 Å². The number of halogens is 3. The van der Waals surface area contributed by atoms with Gasteiger partial charge in [0.25, 0.3) is 5.69 Å². The Morgan fingerprint density at radius 2 is 1.70 bits per heavy atom. The summed E-state index contributed by atoms with van der Waals surface area (Å²) in [7, 11) is 0. The van der Waals surface area contributed by atoms with Crippen molar-refractivity contribution in [1.82, 2.24) is 4.90 Å². The summed E-state index contributed by atoms with van der Waals surface area (Å²) in [5.74, 6) is 0. The van der Waals surface area contributed by atoms with Gasteiger partial charge in [-0.25, -0.2) is 0 Å². The fourth-order valence-corrected chi connectivity index (χ4v) is 3.22. The van der Waals surface area contributed by atoms with Crippen LogP contribution >= 0.6 is 36.4 Å². The second kappa shape index (κ2) is 9.99. The molecule has 27 heavy (non-hydrogen) atoms. The highest BCUT2D eigenvalue weighted by Gasteiger charge is 2.24. The van der Waals surface area contributed by atoms with Gasteiger partial charge in [-0.05, 0) is 36.2 Å². The number of nitro groups is 1. The van der Waals surface area contributed by atoms with Crippen molar-refractivity contribution in [2.45, 2.75) is 13.5 Å². The molecule has 0 unspecified atom stereocenters. The largest absolute Gasteiger partial charge is 0.398 e. The Hall–Kier alpha value is -1.73. The first-order chi connectivity index (χ1) is 11.9. The maximum absolute atomic E-state index is 11.4. The summed E-state index contributed by atoms with van der Waals surface area (Å²) >= 11 is 5.92. The van der Waals surface area contributed by atoms with Crippen LogP contribution < -0.4 is 10.6 Å². The van der Waals surface area contributed by atoms with Gasteiger partial charge in [-0.3, -0.25) is 15.0 Å². The summed E-state index contributed by atoms with van der Waals surface area (Å²) < 4.78 is 0. The number of nitrogen functional groups attached to an aromatic ring is 1. The molecule has 9 heteroatoms. The second-order valence-corrected chi connectivity index (χ2v) is 6.78. The van der Waals surface area contributed by atoms with Crippen LogP contribution in [0.4, 0.5) is 17.1 Å². The van der Waals surface area contributed by atoms with Crippen molar-refractivity contribution >= 4 is 53.5 Å². The van der Waals surface area contributed by atoms with Gasteiger partial charge >= 0.3 is 0 Å². The molecule has 0 aromatic heterocycles. The van der Waals surface area contributed by atoms with Crippen molar-refractivity contribution in [1.29, 1.82) is 0 Å². The number of piperazine rings is 1. The molecule has 2 aromatic carbocycles. The van der Waals surface area contributed by atoms with E-state index in [-0.39, 0.29) is 35.4 Å². The highest BCUT2D eigenvalue weighted by Crippen LogP contribution is 2.33. The Balaban J connectivity index is 0.00000182. The lowest BCUT2D eigenvalue weighted by atomic mass is 10.1. The molecule has 1 saturated heterocycles. The van der Waals surface area contributed by atoms with E-state index < -0.39 is 0 Å². The van der Waals surface area contributed by atoms with E-state index in [9.17, 15) is 10.1 Å². The number of aryl methyl sites for hydroxylation is 1. The van der Waals surface area contributed by atoms with Crippen LogP contribution in [0.25, 0.3) is 0 Å². The Morgan fingerprint density at radius 3 is 2.26 bits per heavy atom. The highest BCUT2D eigenvalue weighted by molar-refractivity contribution is 6.30. The first-order valence-corrected chi connectivity index (χ1v) is 8.58. The molecular formula is C18H23Cl3N4O2. The number of anilines is 2. The van der Waals surface area contributed by atoms with E-state index in [1.165, 1.54) is 5.56 Å².